The monoisotopic (exact) mass is 299 g/mol. The molecule has 1 rings (SSSR count). The smallest absolute Gasteiger partial charge is 0.315 e. The van der Waals surface area contributed by atoms with Crippen molar-refractivity contribution in [2.24, 2.45) is 11.3 Å². The number of aliphatic hydroxyl groups is 1. The van der Waals surface area contributed by atoms with Crippen LogP contribution in [-0.4, -0.2) is 55.4 Å². The highest BCUT2D eigenvalue weighted by Crippen LogP contribution is 2.24. The predicted octanol–water partition coefficient (Wildman–Crippen LogP) is 1.81. The maximum absolute atomic E-state index is 12.2. The molecule has 0 radical (unpaired) electrons. The zero-order chi connectivity index (χ0) is 16.0. The van der Waals surface area contributed by atoms with Gasteiger partial charge in [0, 0.05) is 31.2 Å². The highest BCUT2D eigenvalue weighted by atomic mass is 16.3. The molecule has 0 aromatic heterocycles. The van der Waals surface area contributed by atoms with Crippen molar-refractivity contribution < 1.29 is 9.90 Å². The first-order valence-electron chi connectivity index (χ1n) is 8.09. The number of carbonyl (C=O) groups is 1. The Bertz CT molecular complexity index is 331. The number of amides is 2. The third-order valence-electron chi connectivity index (χ3n) is 4.70. The van der Waals surface area contributed by atoms with Gasteiger partial charge >= 0.3 is 6.03 Å². The second-order valence-corrected chi connectivity index (χ2v) is 7.40. The topological polar surface area (TPSA) is 64.6 Å². The van der Waals surface area contributed by atoms with Crippen molar-refractivity contribution in [2.45, 2.75) is 58.5 Å². The lowest BCUT2D eigenvalue weighted by Crippen LogP contribution is -2.54. The summed E-state index contributed by atoms with van der Waals surface area (Å²) in [5.41, 5.74) is 0.00375. The first-order valence-corrected chi connectivity index (χ1v) is 8.09. The van der Waals surface area contributed by atoms with Crippen molar-refractivity contribution >= 4 is 6.03 Å². The minimum Gasteiger partial charge on any atom is -0.396 e. The molecule has 3 N–H and O–H groups in total. The molecule has 0 bridgehead atoms. The maximum Gasteiger partial charge on any atom is 0.315 e. The Morgan fingerprint density at radius 1 is 1.33 bits per heavy atom. The van der Waals surface area contributed by atoms with E-state index >= 15 is 0 Å². The molecule has 0 heterocycles. The second-order valence-electron chi connectivity index (χ2n) is 7.40. The molecule has 5 nitrogen and oxygen atoms in total. The van der Waals surface area contributed by atoms with E-state index < -0.39 is 0 Å². The molecule has 1 aliphatic rings. The third-order valence-corrected chi connectivity index (χ3v) is 4.70. The number of carbonyl (C=O) groups excluding carboxylic acids is 1. The molecule has 0 unspecified atom stereocenters. The molecule has 3 atom stereocenters. The van der Waals surface area contributed by atoms with Crippen LogP contribution in [0.1, 0.15) is 46.5 Å². The second kappa shape index (κ2) is 7.99. The van der Waals surface area contributed by atoms with Crippen LogP contribution in [0.15, 0.2) is 0 Å². The lowest BCUT2D eigenvalue weighted by Gasteiger charge is -2.36. The van der Waals surface area contributed by atoms with E-state index in [1.165, 1.54) is 0 Å². The Morgan fingerprint density at radius 3 is 2.52 bits per heavy atom. The van der Waals surface area contributed by atoms with Crippen LogP contribution in [0.3, 0.4) is 0 Å². The summed E-state index contributed by atoms with van der Waals surface area (Å²) in [4.78, 5) is 14.3. The Balaban J connectivity index is 2.48. The van der Waals surface area contributed by atoms with Crippen LogP contribution in [0.2, 0.25) is 0 Å². The molecule has 2 amide bonds. The zero-order valence-corrected chi connectivity index (χ0v) is 14.3. The fraction of sp³-hybridized carbons (Fsp3) is 0.938. The van der Waals surface area contributed by atoms with E-state index in [1.54, 1.807) is 0 Å². The summed E-state index contributed by atoms with van der Waals surface area (Å²) in [6.45, 7) is 7.45. The fourth-order valence-electron chi connectivity index (χ4n) is 3.17. The minimum atomic E-state index is -0.111. The highest BCUT2D eigenvalue weighted by molar-refractivity contribution is 5.74. The number of hydrogen-bond donors (Lipinski definition) is 3. The van der Waals surface area contributed by atoms with Gasteiger partial charge in [-0.15, -0.1) is 0 Å². The Labute approximate surface area is 129 Å². The average molecular weight is 299 g/mol. The van der Waals surface area contributed by atoms with Gasteiger partial charge in [0.2, 0.25) is 0 Å². The Hall–Kier alpha value is -0.810. The van der Waals surface area contributed by atoms with Crippen LogP contribution in [0.5, 0.6) is 0 Å². The third kappa shape index (κ3) is 5.83. The standard InChI is InChI=1S/C16H33N3O2/c1-12(16(2,3)11-19(4)5)17-15(21)18-14-9-7-6-8-13(14)10-20/h12-14,20H,6-11H2,1-5H3,(H2,17,18,21)/t12-,13+,14+/m0/s1. The zero-order valence-electron chi connectivity index (χ0n) is 14.3. The summed E-state index contributed by atoms with van der Waals surface area (Å²) < 4.78 is 0. The molecule has 0 aliphatic heterocycles. The molecule has 0 aromatic carbocycles. The van der Waals surface area contributed by atoms with Gasteiger partial charge in [-0.25, -0.2) is 4.79 Å². The predicted molar refractivity (Wildman–Crippen MR) is 86.3 cm³/mol. The van der Waals surface area contributed by atoms with Crippen LogP contribution in [0, 0.1) is 11.3 Å². The number of nitrogens with zero attached hydrogens (tertiary/aromatic N) is 1. The average Bonchev–Trinajstić information content (AvgIpc) is 2.37. The van der Waals surface area contributed by atoms with Gasteiger partial charge in [-0.2, -0.15) is 0 Å². The number of nitrogens with one attached hydrogen (secondary N) is 2. The van der Waals surface area contributed by atoms with Crippen molar-refractivity contribution in [1.82, 2.24) is 15.5 Å². The van der Waals surface area contributed by atoms with Gasteiger partial charge in [-0.3, -0.25) is 0 Å². The summed E-state index contributed by atoms with van der Waals surface area (Å²) >= 11 is 0. The van der Waals surface area contributed by atoms with E-state index in [2.05, 4.69) is 29.4 Å². The van der Waals surface area contributed by atoms with Crippen LogP contribution in [0.4, 0.5) is 4.79 Å². The van der Waals surface area contributed by atoms with Crippen molar-refractivity contribution in [3.8, 4) is 0 Å². The van der Waals surface area contributed by atoms with Crippen molar-refractivity contribution in [3.05, 3.63) is 0 Å². The van der Waals surface area contributed by atoms with Crippen molar-refractivity contribution in [1.29, 1.82) is 0 Å². The summed E-state index contributed by atoms with van der Waals surface area (Å²) in [5, 5.41) is 15.5. The summed E-state index contributed by atoms with van der Waals surface area (Å²) in [7, 11) is 4.09. The number of hydrogen-bond acceptors (Lipinski definition) is 3. The number of aliphatic hydroxyl groups excluding tert-OH is 1. The van der Waals surface area contributed by atoms with E-state index in [9.17, 15) is 9.90 Å². The molecule has 0 saturated heterocycles. The molecular weight excluding hydrogens is 266 g/mol. The fourth-order valence-corrected chi connectivity index (χ4v) is 3.17. The summed E-state index contributed by atoms with van der Waals surface area (Å²) in [5.74, 6) is 0.203. The van der Waals surface area contributed by atoms with Crippen molar-refractivity contribution in [2.75, 3.05) is 27.2 Å². The van der Waals surface area contributed by atoms with Crippen LogP contribution in [-0.2, 0) is 0 Å². The molecule has 5 heteroatoms. The van der Waals surface area contributed by atoms with Gasteiger partial charge in [-0.05, 0) is 39.3 Å². The van der Waals surface area contributed by atoms with E-state index in [1.807, 2.05) is 21.0 Å². The number of urea groups is 1. The molecular formula is C16H33N3O2. The SMILES string of the molecule is C[C@H](NC(=O)N[C@@H]1CCCC[C@@H]1CO)C(C)(C)CN(C)C. The van der Waals surface area contributed by atoms with Crippen molar-refractivity contribution in [3.63, 3.8) is 0 Å². The van der Waals surface area contributed by atoms with E-state index in [0.29, 0.717) is 0 Å². The quantitative estimate of drug-likeness (QED) is 0.701. The van der Waals surface area contributed by atoms with Gasteiger partial charge in [0.25, 0.3) is 0 Å². The molecule has 0 spiro atoms. The van der Waals surface area contributed by atoms with E-state index in [-0.39, 0.29) is 36.1 Å². The lowest BCUT2D eigenvalue weighted by molar-refractivity contribution is 0.147. The van der Waals surface area contributed by atoms with E-state index in [0.717, 1.165) is 32.2 Å². The normalized spacial score (nSPS) is 24.7. The molecule has 0 aromatic rings. The summed E-state index contributed by atoms with van der Waals surface area (Å²) in [6.07, 6.45) is 4.25. The maximum atomic E-state index is 12.2. The summed E-state index contributed by atoms with van der Waals surface area (Å²) in [6, 6.07) is 0.0728. The van der Waals surface area contributed by atoms with Crippen LogP contribution in [0.25, 0.3) is 0 Å². The van der Waals surface area contributed by atoms with E-state index in [4.69, 9.17) is 0 Å². The molecule has 124 valence electrons. The molecule has 1 aliphatic carbocycles. The van der Waals surface area contributed by atoms with Gasteiger partial charge in [0.15, 0.2) is 0 Å². The van der Waals surface area contributed by atoms with Gasteiger partial charge in [0.1, 0.15) is 0 Å². The van der Waals surface area contributed by atoms with Gasteiger partial charge in [-0.1, -0.05) is 26.7 Å². The Kier molecular flexibility index (Phi) is 6.94. The first kappa shape index (κ1) is 18.2. The largest absolute Gasteiger partial charge is 0.396 e. The minimum absolute atomic E-state index is 0.00375. The molecule has 1 fully saturated rings. The lowest BCUT2D eigenvalue weighted by atomic mass is 9.84. The van der Waals surface area contributed by atoms with Gasteiger partial charge < -0.3 is 20.6 Å². The number of rotatable bonds is 6. The van der Waals surface area contributed by atoms with Crippen LogP contribution >= 0.6 is 0 Å². The Morgan fingerprint density at radius 2 is 1.95 bits per heavy atom. The molecule has 21 heavy (non-hydrogen) atoms. The molecule has 1 saturated carbocycles. The highest BCUT2D eigenvalue weighted by Gasteiger charge is 2.30. The van der Waals surface area contributed by atoms with Gasteiger partial charge in [0.05, 0.1) is 0 Å². The van der Waals surface area contributed by atoms with Crippen LogP contribution < -0.4 is 10.6 Å². The first-order chi connectivity index (χ1) is 9.76.